The Labute approximate surface area is 174 Å². The predicted octanol–water partition coefficient (Wildman–Crippen LogP) is 0.651. The summed E-state index contributed by atoms with van der Waals surface area (Å²) < 4.78 is 2.09. The van der Waals surface area contributed by atoms with E-state index in [0.29, 0.717) is 0 Å². The summed E-state index contributed by atoms with van der Waals surface area (Å²) in [6.07, 6.45) is 3.94. The van der Waals surface area contributed by atoms with Crippen LogP contribution in [0, 0.1) is 0 Å². The van der Waals surface area contributed by atoms with E-state index >= 15 is 0 Å². The van der Waals surface area contributed by atoms with Gasteiger partial charge >= 0.3 is 0 Å². The van der Waals surface area contributed by atoms with Crippen molar-refractivity contribution in [3.05, 3.63) is 12.2 Å². The molecule has 150 valence electrons. The third-order valence-corrected chi connectivity index (χ3v) is 4.50. The minimum atomic E-state index is 0. The van der Waals surface area contributed by atoms with Gasteiger partial charge in [0.05, 0.1) is 6.54 Å². The second kappa shape index (κ2) is 13.3. The van der Waals surface area contributed by atoms with Crippen molar-refractivity contribution in [3.8, 4) is 0 Å². The Hall–Kier alpha value is -0.940. The third-order valence-electron chi connectivity index (χ3n) is 4.50. The van der Waals surface area contributed by atoms with Gasteiger partial charge in [-0.15, -0.1) is 34.2 Å². The molecule has 26 heavy (non-hydrogen) atoms. The molecule has 8 nitrogen and oxygen atoms in total. The Kier molecular flexibility index (Phi) is 11.8. The van der Waals surface area contributed by atoms with Crippen LogP contribution < -0.4 is 10.6 Å². The van der Waals surface area contributed by atoms with Gasteiger partial charge < -0.3 is 25.0 Å². The molecule has 0 atom stereocenters. The van der Waals surface area contributed by atoms with Crippen molar-refractivity contribution in [1.82, 2.24) is 35.2 Å². The summed E-state index contributed by atoms with van der Waals surface area (Å²) in [5, 5.41) is 14.8. The van der Waals surface area contributed by atoms with Crippen LogP contribution in [-0.4, -0.2) is 89.9 Å². The van der Waals surface area contributed by atoms with E-state index in [1.807, 2.05) is 0 Å². The Morgan fingerprint density at radius 2 is 2.00 bits per heavy atom. The normalized spacial score (nSPS) is 16.8. The van der Waals surface area contributed by atoms with E-state index in [9.17, 15) is 0 Å². The molecule has 1 aliphatic heterocycles. The maximum absolute atomic E-state index is 4.72. The molecule has 0 amide bonds. The first kappa shape index (κ1) is 23.1. The van der Waals surface area contributed by atoms with Crippen molar-refractivity contribution in [2.45, 2.75) is 33.2 Å². The van der Waals surface area contributed by atoms with Gasteiger partial charge in [-0.1, -0.05) is 6.92 Å². The molecule has 1 saturated heterocycles. The molecule has 0 radical (unpaired) electrons. The summed E-state index contributed by atoms with van der Waals surface area (Å²) in [7, 11) is 2.20. The van der Waals surface area contributed by atoms with Crippen LogP contribution in [0.5, 0.6) is 0 Å². The Bertz CT molecular complexity index is 519. The summed E-state index contributed by atoms with van der Waals surface area (Å²) >= 11 is 0. The zero-order chi connectivity index (χ0) is 17.9. The molecule has 2 N–H and O–H groups in total. The first-order chi connectivity index (χ1) is 12.2. The highest BCUT2D eigenvalue weighted by Gasteiger charge is 2.11. The number of halogens is 1. The molecule has 1 aromatic heterocycles. The van der Waals surface area contributed by atoms with Crippen molar-refractivity contribution < 1.29 is 0 Å². The molecule has 1 aliphatic rings. The average molecular weight is 478 g/mol. The summed E-state index contributed by atoms with van der Waals surface area (Å²) in [5.74, 6) is 1.91. The quantitative estimate of drug-likeness (QED) is 0.325. The van der Waals surface area contributed by atoms with Crippen molar-refractivity contribution in [2.75, 3.05) is 59.4 Å². The summed E-state index contributed by atoms with van der Waals surface area (Å²) in [4.78, 5) is 9.64. The molecule has 2 rings (SSSR count). The summed E-state index contributed by atoms with van der Waals surface area (Å²) in [5.41, 5.74) is 0. The number of nitrogens with one attached hydrogen (secondary N) is 2. The Morgan fingerprint density at radius 3 is 2.77 bits per heavy atom. The molecule has 0 spiro atoms. The monoisotopic (exact) mass is 478 g/mol. The van der Waals surface area contributed by atoms with Crippen LogP contribution in [0.3, 0.4) is 0 Å². The Balaban J connectivity index is 0.00000338. The van der Waals surface area contributed by atoms with Gasteiger partial charge in [-0.05, 0) is 33.5 Å². The largest absolute Gasteiger partial charge is 0.357 e. The fourth-order valence-corrected chi connectivity index (χ4v) is 3.00. The smallest absolute Gasteiger partial charge is 0.191 e. The minimum Gasteiger partial charge on any atom is -0.357 e. The number of nitrogens with zero attached hydrogens (tertiary/aromatic N) is 6. The fraction of sp³-hybridized carbons (Fsp3) is 0.824. The number of aryl methyl sites for hydroxylation is 1. The van der Waals surface area contributed by atoms with Crippen LogP contribution in [-0.2, 0) is 13.0 Å². The number of rotatable bonds is 8. The minimum absolute atomic E-state index is 0. The highest BCUT2D eigenvalue weighted by Crippen LogP contribution is 2.00. The van der Waals surface area contributed by atoms with Crippen molar-refractivity contribution in [1.29, 1.82) is 0 Å². The molecule has 0 aromatic carbocycles. The number of likely N-dealkylation sites (N-methyl/N-ethyl adjacent to an activating group) is 1. The van der Waals surface area contributed by atoms with E-state index < -0.39 is 0 Å². The zero-order valence-electron chi connectivity index (χ0n) is 16.4. The number of hydrogen-bond acceptors (Lipinski definition) is 5. The molecule has 0 unspecified atom stereocenters. The average Bonchev–Trinajstić information content (AvgIpc) is 2.96. The third kappa shape index (κ3) is 8.17. The second-order valence-electron chi connectivity index (χ2n) is 6.48. The molecular weight excluding hydrogens is 443 g/mol. The van der Waals surface area contributed by atoms with E-state index in [4.69, 9.17) is 4.99 Å². The molecule has 1 fully saturated rings. The van der Waals surface area contributed by atoms with Gasteiger partial charge in [0, 0.05) is 45.7 Å². The van der Waals surface area contributed by atoms with Gasteiger partial charge in [-0.25, -0.2) is 0 Å². The van der Waals surface area contributed by atoms with Crippen LogP contribution in [0.2, 0.25) is 0 Å². The lowest BCUT2D eigenvalue weighted by Crippen LogP contribution is -2.39. The van der Waals surface area contributed by atoms with E-state index in [-0.39, 0.29) is 24.0 Å². The number of hydrogen-bond donors (Lipinski definition) is 2. The SMILES string of the molecule is CCNC(=NCCN1CCCN(C)CC1)NCCn1cnnc1CC.I. The van der Waals surface area contributed by atoms with E-state index in [1.54, 1.807) is 6.33 Å². The van der Waals surface area contributed by atoms with Crippen molar-refractivity contribution in [3.63, 3.8) is 0 Å². The molecule has 0 saturated carbocycles. The summed E-state index contributed by atoms with van der Waals surface area (Å²) in [6.45, 7) is 13.2. The number of aliphatic imine (C=N–C) groups is 1. The number of guanidine groups is 1. The Morgan fingerprint density at radius 1 is 1.15 bits per heavy atom. The molecular formula is C17H35IN8. The van der Waals surface area contributed by atoms with Crippen LogP contribution in [0.1, 0.15) is 26.1 Å². The van der Waals surface area contributed by atoms with Gasteiger partial charge in [0.25, 0.3) is 0 Å². The lowest BCUT2D eigenvalue weighted by Gasteiger charge is -2.19. The molecule has 1 aromatic rings. The summed E-state index contributed by atoms with van der Waals surface area (Å²) in [6, 6.07) is 0. The van der Waals surface area contributed by atoms with E-state index in [1.165, 1.54) is 19.5 Å². The first-order valence-corrected chi connectivity index (χ1v) is 9.52. The van der Waals surface area contributed by atoms with E-state index in [2.05, 4.69) is 56.1 Å². The maximum atomic E-state index is 4.72. The van der Waals surface area contributed by atoms with Crippen LogP contribution >= 0.6 is 24.0 Å². The van der Waals surface area contributed by atoms with Crippen molar-refractivity contribution in [2.24, 2.45) is 4.99 Å². The van der Waals surface area contributed by atoms with Gasteiger partial charge in [-0.3, -0.25) is 4.99 Å². The van der Waals surface area contributed by atoms with Gasteiger partial charge in [0.2, 0.25) is 0 Å². The molecule has 2 heterocycles. The second-order valence-corrected chi connectivity index (χ2v) is 6.48. The fourth-order valence-electron chi connectivity index (χ4n) is 3.00. The number of aromatic nitrogens is 3. The highest BCUT2D eigenvalue weighted by atomic mass is 127. The highest BCUT2D eigenvalue weighted by molar-refractivity contribution is 14.0. The van der Waals surface area contributed by atoms with Crippen LogP contribution in [0.25, 0.3) is 0 Å². The predicted molar refractivity (Wildman–Crippen MR) is 117 cm³/mol. The van der Waals surface area contributed by atoms with Gasteiger partial charge in [0.1, 0.15) is 12.2 Å². The van der Waals surface area contributed by atoms with Crippen LogP contribution in [0.15, 0.2) is 11.3 Å². The van der Waals surface area contributed by atoms with Crippen molar-refractivity contribution >= 4 is 29.9 Å². The topological polar surface area (TPSA) is 73.6 Å². The lowest BCUT2D eigenvalue weighted by atomic mass is 10.4. The molecule has 0 bridgehead atoms. The standard InChI is InChI=1S/C17H34N8.HI/c1-4-16-22-21-15-25(16)12-8-20-17(18-5-2)19-7-11-24-10-6-9-23(3)13-14-24;/h15H,4-14H2,1-3H3,(H2,18,19,20);1H. The molecule has 9 heteroatoms. The lowest BCUT2D eigenvalue weighted by molar-refractivity contribution is 0.283. The van der Waals surface area contributed by atoms with Crippen LogP contribution in [0.4, 0.5) is 0 Å². The van der Waals surface area contributed by atoms with Gasteiger partial charge in [-0.2, -0.15) is 0 Å². The maximum Gasteiger partial charge on any atom is 0.191 e. The first-order valence-electron chi connectivity index (χ1n) is 9.52. The molecule has 0 aliphatic carbocycles. The van der Waals surface area contributed by atoms with E-state index in [0.717, 1.165) is 64.0 Å². The van der Waals surface area contributed by atoms with Gasteiger partial charge in [0.15, 0.2) is 5.96 Å². The zero-order valence-corrected chi connectivity index (χ0v) is 18.8.